The lowest BCUT2D eigenvalue weighted by atomic mass is 9.54. The molecule has 2 aliphatic rings. The van der Waals surface area contributed by atoms with Crippen LogP contribution in [0.3, 0.4) is 0 Å². The predicted octanol–water partition coefficient (Wildman–Crippen LogP) is 4.31. The van der Waals surface area contributed by atoms with Crippen LogP contribution in [-0.4, -0.2) is 23.7 Å². The highest BCUT2D eigenvalue weighted by molar-refractivity contribution is 6.00. The Morgan fingerprint density at radius 3 is 2.41 bits per heavy atom. The summed E-state index contributed by atoms with van der Waals surface area (Å²) >= 11 is 0. The average molecular weight is 427 g/mol. The molecule has 0 aromatic heterocycles. The minimum atomic E-state index is -2.03. The van der Waals surface area contributed by atoms with Crippen LogP contribution in [-0.2, 0) is 6.54 Å². The molecule has 1 heterocycles. The van der Waals surface area contributed by atoms with Crippen molar-refractivity contribution in [1.82, 2.24) is 4.90 Å². The van der Waals surface area contributed by atoms with E-state index in [2.05, 4.69) is 11.0 Å². The van der Waals surface area contributed by atoms with E-state index in [0.717, 1.165) is 17.7 Å². The molecule has 4 rings (SSSR count). The van der Waals surface area contributed by atoms with Gasteiger partial charge in [0, 0.05) is 37.5 Å². The number of fused-ring (bicyclic) bond motifs is 1. The maximum absolute atomic E-state index is 14.9. The van der Waals surface area contributed by atoms with Gasteiger partial charge in [0.25, 0.3) is 0 Å². The zero-order valence-electron chi connectivity index (χ0n) is 17.1. The average Bonchev–Trinajstić information content (AvgIpc) is 2.80. The number of benzene rings is 2. The minimum Gasteiger partial charge on any atom is -0.305 e. The molecule has 1 fully saturated rings. The summed E-state index contributed by atoms with van der Waals surface area (Å²) in [6, 6.07) is 18.7. The third kappa shape index (κ3) is 3.36. The van der Waals surface area contributed by atoms with E-state index in [4.69, 9.17) is 5.41 Å². The van der Waals surface area contributed by atoms with E-state index in [9.17, 15) is 24.6 Å². The molecule has 7 heteroatoms. The normalized spacial score (nSPS) is 24.4. The van der Waals surface area contributed by atoms with Crippen molar-refractivity contribution in [3.05, 3.63) is 82.9 Å². The van der Waals surface area contributed by atoms with Crippen LogP contribution < -0.4 is 0 Å². The lowest BCUT2D eigenvalue weighted by Gasteiger charge is -2.47. The fraction of sp³-hybridized carbons (Fsp3) is 0.280. The molecule has 1 aliphatic heterocycles. The van der Waals surface area contributed by atoms with Gasteiger partial charge in [0.1, 0.15) is 17.6 Å². The number of nitriles is 3. The Bertz CT molecular complexity index is 1200. The first-order valence-corrected chi connectivity index (χ1v) is 10.2. The molecule has 5 nitrogen and oxygen atoms in total. The second kappa shape index (κ2) is 8.35. The van der Waals surface area contributed by atoms with Crippen molar-refractivity contribution in [3.8, 4) is 18.2 Å². The number of rotatable bonds is 3. The fourth-order valence-corrected chi connectivity index (χ4v) is 4.94. The number of nitrogens with one attached hydrogen (secondary N) is 1. The Kier molecular flexibility index (Phi) is 5.57. The minimum absolute atomic E-state index is 0.00750. The van der Waals surface area contributed by atoms with Gasteiger partial charge in [-0.15, -0.1) is 0 Å². The summed E-state index contributed by atoms with van der Waals surface area (Å²) in [5.74, 6) is -4.26. The second-order valence-electron chi connectivity index (χ2n) is 8.14. The third-order valence-corrected chi connectivity index (χ3v) is 6.41. The van der Waals surface area contributed by atoms with Gasteiger partial charge in [-0.05, 0) is 22.8 Å². The smallest absolute Gasteiger partial charge is 0.189 e. The van der Waals surface area contributed by atoms with E-state index in [1.165, 1.54) is 6.07 Å². The SMILES string of the molecule is N#CC1C(=N)C(C#N)(C#N)[C@@H](c2ccc(F)cc2F)[C@@H]2CN(Cc3ccccc3)CC=C12. The van der Waals surface area contributed by atoms with E-state index in [1.807, 2.05) is 48.5 Å². The van der Waals surface area contributed by atoms with Gasteiger partial charge in [-0.1, -0.05) is 42.5 Å². The lowest BCUT2D eigenvalue weighted by Crippen LogP contribution is -2.53. The molecule has 3 atom stereocenters. The molecule has 2 aromatic carbocycles. The molecule has 2 aromatic rings. The van der Waals surface area contributed by atoms with E-state index >= 15 is 0 Å². The van der Waals surface area contributed by atoms with Crippen molar-refractivity contribution < 1.29 is 8.78 Å². The summed E-state index contributed by atoms with van der Waals surface area (Å²) in [6.07, 6.45) is 1.85. The van der Waals surface area contributed by atoms with Gasteiger partial charge < -0.3 is 5.41 Å². The van der Waals surface area contributed by atoms with Crippen LogP contribution >= 0.6 is 0 Å². The van der Waals surface area contributed by atoms with E-state index in [0.29, 0.717) is 25.2 Å². The van der Waals surface area contributed by atoms with Crippen molar-refractivity contribution in [2.24, 2.45) is 17.3 Å². The highest BCUT2D eigenvalue weighted by Gasteiger charge is 2.58. The first kappa shape index (κ1) is 21.4. The molecule has 0 bridgehead atoms. The Morgan fingerprint density at radius 1 is 1.06 bits per heavy atom. The van der Waals surface area contributed by atoms with Gasteiger partial charge in [0.15, 0.2) is 5.41 Å². The predicted molar refractivity (Wildman–Crippen MR) is 113 cm³/mol. The highest BCUT2D eigenvalue weighted by Crippen LogP contribution is 2.53. The van der Waals surface area contributed by atoms with Crippen LogP contribution in [0.25, 0.3) is 0 Å². The summed E-state index contributed by atoms with van der Waals surface area (Å²) in [5, 5.41) is 38.4. The molecule has 0 amide bonds. The molecule has 1 saturated carbocycles. The largest absolute Gasteiger partial charge is 0.305 e. The van der Waals surface area contributed by atoms with Crippen LogP contribution in [0.4, 0.5) is 8.78 Å². The molecular formula is C25H19F2N5. The first-order valence-electron chi connectivity index (χ1n) is 10.2. The maximum Gasteiger partial charge on any atom is 0.189 e. The first-order chi connectivity index (χ1) is 15.4. The highest BCUT2D eigenvalue weighted by atomic mass is 19.1. The summed E-state index contributed by atoms with van der Waals surface area (Å²) in [6.45, 7) is 1.50. The van der Waals surface area contributed by atoms with Gasteiger partial charge in [0.05, 0.1) is 23.9 Å². The lowest BCUT2D eigenvalue weighted by molar-refractivity contribution is 0.196. The van der Waals surface area contributed by atoms with Gasteiger partial charge in [0.2, 0.25) is 0 Å². The van der Waals surface area contributed by atoms with Gasteiger partial charge in [-0.3, -0.25) is 4.90 Å². The number of hydrogen-bond donors (Lipinski definition) is 1. The topological polar surface area (TPSA) is 98.5 Å². The van der Waals surface area contributed by atoms with Crippen LogP contribution in [0.2, 0.25) is 0 Å². The Labute approximate surface area is 184 Å². The number of nitrogens with zero attached hydrogens (tertiary/aromatic N) is 4. The zero-order valence-corrected chi connectivity index (χ0v) is 17.1. The standard InChI is InChI=1S/C25H19F2N5/c26-17-6-7-19(22(27)10-17)23-21-13-32(12-16-4-2-1-3-5-16)9-8-18(21)20(11-28)24(31)25(23,14-29)15-30/h1-8,10,20-21,23,31H,9,12-13H2/t20?,21-,23+/m1/s1. The summed E-state index contributed by atoms with van der Waals surface area (Å²) in [4.78, 5) is 2.10. The Hall–Kier alpha value is -3.86. The Balaban J connectivity index is 1.84. The quantitative estimate of drug-likeness (QED) is 0.738. The zero-order chi connectivity index (χ0) is 22.9. The summed E-state index contributed by atoms with van der Waals surface area (Å²) in [7, 11) is 0. The van der Waals surface area contributed by atoms with Gasteiger partial charge in [-0.2, -0.15) is 15.8 Å². The molecule has 0 saturated heterocycles. The maximum atomic E-state index is 14.9. The van der Waals surface area contributed by atoms with E-state index in [-0.39, 0.29) is 11.3 Å². The van der Waals surface area contributed by atoms with E-state index in [1.54, 1.807) is 0 Å². The van der Waals surface area contributed by atoms with Crippen molar-refractivity contribution in [1.29, 1.82) is 21.2 Å². The van der Waals surface area contributed by atoms with Crippen LogP contribution in [0.5, 0.6) is 0 Å². The van der Waals surface area contributed by atoms with E-state index < -0.39 is 34.8 Å². The molecule has 32 heavy (non-hydrogen) atoms. The monoisotopic (exact) mass is 427 g/mol. The van der Waals surface area contributed by atoms with Crippen molar-refractivity contribution in [3.63, 3.8) is 0 Å². The number of hydrogen-bond acceptors (Lipinski definition) is 5. The van der Waals surface area contributed by atoms with Crippen LogP contribution in [0.1, 0.15) is 17.0 Å². The van der Waals surface area contributed by atoms with Crippen molar-refractivity contribution >= 4 is 5.71 Å². The van der Waals surface area contributed by atoms with Crippen LogP contribution in [0.15, 0.2) is 60.2 Å². The fourth-order valence-electron chi connectivity index (χ4n) is 4.94. The van der Waals surface area contributed by atoms with Gasteiger partial charge in [-0.25, -0.2) is 8.78 Å². The second-order valence-corrected chi connectivity index (χ2v) is 8.14. The molecule has 0 spiro atoms. The molecule has 1 unspecified atom stereocenters. The molecule has 0 radical (unpaired) electrons. The third-order valence-electron chi connectivity index (χ3n) is 6.41. The van der Waals surface area contributed by atoms with Crippen molar-refractivity contribution in [2.45, 2.75) is 12.5 Å². The number of halogens is 2. The Morgan fingerprint density at radius 2 is 1.78 bits per heavy atom. The van der Waals surface area contributed by atoms with Crippen LogP contribution in [0, 0.1) is 68.3 Å². The van der Waals surface area contributed by atoms with Gasteiger partial charge >= 0.3 is 0 Å². The molecular weight excluding hydrogens is 408 g/mol. The summed E-state index contributed by atoms with van der Waals surface area (Å²) in [5.41, 5.74) is -0.680. The molecule has 158 valence electrons. The van der Waals surface area contributed by atoms with Crippen molar-refractivity contribution in [2.75, 3.05) is 13.1 Å². The molecule has 1 N–H and O–H groups in total. The summed E-state index contributed by atoms with van der Waals surface area (Å²) < 4.78 is 28.6. The molecule has 1 aliphatic carbocycles.